The first kappa shape index (κ1) is 29.9. The van der Waals surface area contributed by atoms with E-state index in [1.165, 1.54) is 0 Å². The van der Waals surface area contributed by atoms with E-state index in [0.717, 1.165) is 42.7 Å². The summed E-state index contributed by atoms with van der Waals surface area (Å²) in [7, 11) is 0. The Bertz CT molecular complexity index is 1050. The lowest BCUT2D eigenvalue weighted by molar-refractivity contribution is -0.131. The van der Waals surface area contributed by atoms with Gasteiger partial charge < -0.3 is 21.7 Å². The minimum Gasteiger partial charge on any atom is -0.351 e. The van der Waals surface area contributed by atoms with Crippen molar-refractivity contribution in [3.63, 3.8) is 0 Å². The number of hydrogen-bond acceptors (Lipinski definition) is 4. The van der Waals surface area contributed by atoms with Crippen LogP contribution < -0.4 is 21.7 Å². The van der Waals surface area contributed by atoms with Gasteiger partial charge in [0.15, 0.2) is 0 Å². The van der Waals surface area contributed by atoms with Gasteiger partial charge in [-0.25, -0.2) is 0 Å². The van der Waals surface area contributed by atoms with Gasteiger partial charge in [0.1, 0.15) is 12.1 Å². The number of carbonyl (C=O) groups is 3. The van der Waals surface area contributed by atoms with Crippen molar-refractivity contribution in [2.45, 2.75) is 90.9 Å². The molecule has 3 amide bonds. The number of nitrogens with one attached hydrogen (secondary N) is 3. The summed E-state index contributed by atoms with van der Waals surface area (Å²) in [4.78, 5) is 39.2. The normalized spacial score (nSPS) is 24.8. The highest BCUT2D eigenvalue weighted by Gasteiger charge is 2.41. The van der Waals surface area contributed by atoms with Gasteiger partial charge in [0.25, 0.3) is 5.91 Å². The lowest BCUT2D eigenvalue weighted by atomic mass is 9.64. The minimum absolute atomic E-state index is 0.00801. The van der Waals surface area contributed by atoms with Crippen molar-refractivity contribution in [3.8, 4) is 0 Å². The van der Waals surface area contributed by atoms with Gasteiger partial charge >= 0.3 is 0 Å². The number of carbonyl (C=O) groups excluding carboxylic acids is 3. The third-order valence-corrected chi connectivity index (χ3v) is 8.04. The number of hydrogen-bond donors (Lipinski definition) is 4. The smallest absolute Gasteiger partial charge is 0.251 e. The second-order valence-electron chi connectivity index (χ2n) is 11.4. The Labute approximate surface area is 232 Å². The third-order valence-electron chi connectivity index (χ3n) is 7.78. The molecule has 0 aromatic heterocycles. The van der Waals surface area contributed by atoms with Crippen molar-refractivity contribution in [1.82, 2.24) is 16.0 Å². The molecule has 5 atom stereocenters. The topological polar surface area (TPSA) is 113 Å². The summed E-state index contributed by atoms with van der Waals surface area (Å²) in [6.45, 7) is 8.27. The summed E-state index contributed by atoms with van der Waals surface area (Å²) in [5, 5.41) is 9.75. The van der Waals surface area contributed by atoms with Crippen molar-refractivity contribution in [1.29, 1.82) is 0 Å². The molecule has 8 heteroatoms. The van der Waals surface area contributed by atoms with Crippen LogP contribution in [0.2, 0.25) is 0 Å². The van der Waals surface area contributed by atoms with Gasteiger partial charge in [0.2, 0.25) is 11.8 Å². The van der Waals surface area contributed by atoms with E-state index in [0.29, 0.717) is 18.5 Å². The van der Waals surface area contributed by atoms with Gasteiger partial charge in [-0.15, -0.1) is 0 Å². The van der Waals surface area contributed by atoms with Crippen molar-refractivity contribution in [2.75, 3.05) is 0 Å². The summed E-state index contributed by atoms with van der Waals surface area (Å²) in [6.07, 6.45) is 11.5. The molecule has 0 heterocycles. The fourth-order valence-corrected chi connectivity index (χ4v) is 5.98. The van der Waals surface area contributed by atoms with E-state index in [1.54, 1.807) is 31.2 Å². The molecule has 1 fully saturated rings. The molecule has 0 saturated heterocycles. The second-order valence-corrected chi connectivity index (χ2v) is 11.9. The minimum atomic E-state index is -0.804. The van der Waals surface area contributed by atoms with E-state index in [2.05, 4.69) is 29.0 Å². The maximum atomic E-state index is 13.5. The largest absolute Gasteiger partial charge is 0.351 e. The Balaban J connectivity index is 1.65. The van der Waals surface area contributed by atoms with Crippen LogP contribution in [0, 0.1) is 17.3 Å². The predicted octanol–water partition coefficient (Wildman–Crippen LogP) is 4.56. The molecule has 1 saturated carbocycles. The van der Waals surface area contributed by atoms with Gasteiger partial charge in [0.05, 0.1) is 0 Å². The standard InChI is InChI=1S/C30H43ClN4O3/c1-19(2)16-26(35-27(36)20(3)33-28(37)22-13-11-21(18-32)12-14-22)29(38)34-25-10-6-5-9-24(25)30(4)15-7-8-23(31)17-30/h7-8,11-15,19-20,24-26H,5-6,9-10,16-18,32H2,1-4H3,(H,33,37)(H,34,38)(H,35,36)/t20-,24+,25+,26-,30?/m0/s1. The van der Waals surface area contributed by atoms with E-state index < -0.39 is 18.0 Å². The van der Waals surface area contributed by atoms with Crippen LogP contribution in [0.3, 0.4) is 0 Å². The quantitative estimate of drug-likeness (QED) is 0.347. The van der Waals surface area contributed by atoms with Crippen LogP contribution in [0.4, 0.5) is 0 Å². The van der Waals surface area contributed by atoms with Crippen LogP contribution in [0.25, 0.3) is 0 Å². The van der Waals surface area contributed by atoms with Gasteiger partial charge in [0, 0.05) is 23.2 Å². The van der Waals surface area contributed by atoms with Crippen LogP contribution >= 0.6 is 11.6 Å². The first-order chi connectivity index (χ1) is 18.0. The summed E-state index contributed by atoms with van der Waals surface area (Å²) >= 11 is 6.40. The van der Waals surface area contributed by atoms with Crippen molar-refractivity contribution in [3.05, 3.63) is 58.7 Å². The van der Waals surface area contributed by atoms with Crippen LogP contribution in [-0.4, -0.2) is 35.8 Å². The molecule has 0 aliphatic heterocycles. The Hall–Kier alpha value is -2.64. The summed E-state index contributed by atoms with van der Waals surface area (Å²) in [6, 6.07) is 5.46. The summed E-state index contributed by atoms with van der Waals surface area (Å²) in [5.41, 5.74) is 6.86. The summed E-state index contributed by atoms with van der Waals surface area (Å²) in [5.74, 6) is -0.463. The molecule has 1 aromatic carbocycles. The second kappa shape index (κ2) is 13.4. The number of allylic oxidation sites excluding steroid dienone is 4. The van der Waals surface area contributed by atoms with E-state index in [4.69, 9.17) is 17.3 Å². The lowest BCUT2D eigenvalue weighted by Gasteiger charge is -2.44. The Morgan fingerprint density at radius 1 is 1.05 bits per heavy atom. The van der Waals surface area contributed by atoms with Gasteiger partial charge in [-0.3, -0.25) is 14.4 Å². The van der Waals surface area contributed by atoms with Crippen LogP contribution in [0.15, 0.2) is 47.5 Å². The first-order valence-corrected chi connectivity index (χ1v) is 14.1. The predicted molar refractivity (Wildman–Crippen MR) is 152 cm³/mol. The molecule has 1 aromatic rings. The zero-order chi connectivity index (χ0) is 27.9. The highest BCUT2D eigenvalue weighted by molar-refractivity contribution is 6.29. The Kier molecular flexibility index (Phi) is 10.6. The van der Waals surface area contributed by atoms with Gasteiger partial charge in [-0.2, -0.15) is 0 Å². The first-order valence-electron chi connectivity index (χ1n) is 13.8. The number of halogens is 1. The maximum Gasteiger partial charge on any atom is 0.251 e. The third kappa shape index (κ3) is 7.93. The molecule has 0 radical (unpaired) electrons. The molecule has 0 bridgehead atoms. The van der Waals surface area contributed by atoms with E-state index in [1.807, 2.05) is 26.0 Å². The zero-order valence-corrected chi connectivity index (χ0v) is 23.8. The van der Waals surface area contributed by atoms with Gasteiger partial charge in [-0.05, 0) is 73.6 Å². The molecular formula is C30H43ClN4O3. The SMILES string of the molecule is CC(C)C[C@H](NC(=O)[C@H](C)NC(=O)c1ccc(CN)cc1)C(=O)N[C@@H]1CCCC[C@H]1C1(C)C=CC=C(Cl)C1. The molecule has 3 rings (SSSR count). The number of nitrogens with two attached hydrogens (primary N) is 1. The van der Waals surface area contributed by atoms with E-state index in [9.17, 15) is 14.4 Å². The average molecular weight is 543 g/mol. The molecule has 5 N–H and O–H groups in total. The van der Waals surface area contributed by atoms with Crippen LogP contribution in [-0.2, 0) is 16.1 Å². The number of benzene rings is 1. The number of rotatable bonds is 10. The van der Waals surface area contributed by atoms with Crippen molar-refractivity contribution >= 4 is 29.3 Å². The lowest BCUT2D eigenvalue weighted by Crippen LogP contribution is -2.56. The molecule has 7 nitrogen and oxygen atoms in total. The van der Waals surface area contributed by atoms with E-state index in [-0.39, 0.29) is 35.1 Å². The highest BCUT2D eigenvalue weighted by Crippen LogP contribution is 2.46. The Morgan fingerprint density at radius 3 is 2.37 bits per heavy atom. The van der Waals surface area contributed by atoms with Crippen LogP contribution in [0.5, 0.6) is 0 Å². The fraction of sp³-hybridized carbons (Fsp3) is 0.567. The summed E-state index contributed by atoms with van der Waals surface area (Å²) < 4.78 is 0. The molecule has 0 spiro atoms. The monoisotopic (exact) mass is 542 g/mol. The molecule has 208 valence electrons. The molecule has 2 aliphatic rings. The zero-order valence-electron chi connectivity index (χ0n) is 23.1. The van der Waals surface area contributed by atoms with Crippen molar-refractivity contribution in [2.24, 2.45) is 23.0 Å². The van der Waals surface area contributed by atoms with Crippen molar-refractivity contribution < 1.29 is 14.4 Å². The average Bonchev–Trinajstić information content (AvgIpc) is 2.88. The fourth-order valence-electron chi connectivity index (χ4n) is 5.62. The molecule has 2 aliphatic carbocycles. The van der Waals surface area contributed by atoms with Gasteiger partial charge in [-0.1, -0.05) is 69.5 Å². The van der Waals surface area contributed by atoms with Crippen LogP contribution in [0.1, 0.15) is 82.1 Å². The molecule has 38 heavy (non-hydrogen) atoms. The molecular weight excluding hydrogens is 500 g/mol. The molecule has 1 unspecified atom stereocenters. The maximum absolute atomic E-state index is 13.5. The Morgan fingerprint density at radius 2 is 1.74 bits per heavy atom. The number of amides is 3. The van der Waals surface area contributed by atoms with E-state index >= 15 is 0 Å². The highest BCUT2D eigenvalue weighted by atomic mass is 35.5.